The molecular formula is C22H25NO3. The summed E-state index contributed by atoms with van der Waals surface area (Å²) in [5.74, 6) is 0.547. The molecule has 4 heteroatoms. The van der Waals surface area contributed by atoms with Crippen LogP contribution in [0.1, 0.15) is 51.2 Å². The van der Waals surface area contributed by atoms with Crippen LogP contribution in [0.5, 0.6) is 0 Å². The zero-order valence-corrected chi connectivity index (χ0v) is 15.2. The molecule has 0 amide bonds. The normalized spacial score (nSPS) is 11.2. The number of esters is 1. The Morgan fingerprint density at radius 3 is 2.54 bits per heavy atom. The van der Waals surface area contributed by atoms with E-state index >= 15 is 0 Å². The van der Waals surface area contributed by atoms with Crippen LogP contribution >= 0.6 is 0 Å². The van der Waals surface area contributed by atoms with Gasteiger partial charge in [0.15, 0.2) is 0 Å². The van der Waals surface area contributed by atoms with E-state index in [4.69, 9.17) is 9.15 Å². The first-order chi connectivity index (χ1) is 12.7. The van der Waals surface area contributed by atoms with Gasteiger partial charge < -0.3 is 9.15 Å². The fourth-order valence-electron chi connectivity index (χ4n) is 2.59. The zero-order chi connectivity index (χ0) is 18.6. The van der Waals surface area contributed by atoms with Gasteiger partial charge in [-0.05, 0) is 18.6 Å². The van der Waals surface area contributed by atoms with Crippen molar-refractivity contribution in [3.63, 3.8) is 0 Å². The Bertz CT molecular complexity index is 753. The van der Waals surface area contributed by atoms with Gasteiger partial charge in [0.25, 0.3) is 0 Å². The maximum Gasteiger partial charge on any atom is 0.349 e. The van der Waals surface area contributed by atoms with Gasteiger partial charge in [-0.25, -0.2) is 4.79 Å². The van der Waals surface area contributed by atoms with E-state index in [0.29, 0.717) is 18.1 Å². The summed E-state index contributed by atoms with van der Waals surface area (Å²) in [7, 11) is 0. The second-order valence-electron chi connectivity index (χ2n) is 6.14. The maximum atomic E-state index is 12.0. The van der Waals surface area contributed by atoms with Crippen LogP contribution in [-0.4, -0.2) is 12.6 Å². The lowest BCUT2D eigenvalue weighted by atomic mass is 10.1. The standard InChI is InChI=1S/C22H25NO3/c1-2-3-4-5-6-10-15-25-22(24)19(17-23)16-20-13-14-21(26-20)18-11-8-7-9-12-18/h7-9,11-14,16H,2-6,10,15H2,1H3. The van der Waals surface area contributed by atoms with E-state index in [1.54, 1.807) is 6.07 Å². The molecule has 26 heavy (non-hydrogen) atoms. The Morgan fingerprint density at radius 2 is 1.81 bits per heavy atom. The number of ether oxygens (including phenoxy) is 1. The quantitative estimate of drug-likeness (QED) is 0.236. The van der Waals surface area contributed by atoms with Crippen molar-refractivity contribution in [3.8, 4) is 17.4 Å². The smallest absolute Gasteiger partial charge is 0.349 e. The van der Waals surface area contributed by atoms with Crippen LogP contribution < -0.4 is 0 Å². The van der Waals surface area contributed by atoms with Gasteiger partial charge in [-0.3, -0.25) is 0 Å². The van der Waals surface area contributed by atoms with Crippen molar-refractivity contribution in [2.75, 3.05) is 6.61 Å². The number of furan rings is 1. The van der Waals surface area contributed by atoms with E-state index in [2.05, 4.69) is 6.92 Å². The summed E-state index contributed by atoms with van der Waals surface area (Å²) in [4.78, 5) is 12.0. The molecule has 0 aliphatic carbocycles. The van der Waals surface area contributed by atoms with Gasteiger partial charge in [0.2, 0.25) is 0 Å². The lowest BCUT2D eigenvalue weighted by Gasteiger charge is -2.03. The molecule has 0 unspecified atom stereocenters. The fraction of sp³-hybridized carbons (Fsp3) is 0.364. The lowest BCUT2D eigenvalue weighted by molar-refractivity contribution is -0.138. The summed E-state index contributed by atoms with van der Waals surface area (Å²) in [6, 6.07) is 15.1. The van der Waals surface area contributed by atoms with Crippen LogP contribution in [0.4, 0.5) is 0 Å². The van der Waals surface area contributed by atoms with E-state index in [9.17, 15) is 10.1 Å². The van der Waals surface area contributed by atoms with Gasteiger partial charge in [-0.1, -0.05) is 69.4 Å². The molecule has 2 aromatic rings. The molecule has 0 atom stereocenters. The Morgan fingerprint density at radius 1 is 1.08 bits per heavy atom. The highest BCUT2D eigenvalue weighted by Crippen LogP contribution is 2.23. The number of benzene rings is 1. The second kappa shape index (κ2) is 10.9. The predicted molar refractivity (Wildman–Crippen MR) is 102 cm³/mol. The molecule has 0 saturated heterocycles. The Balaban J connectivity index is 1.86. The molecule has 136 valence electrons. The molecule has 0 saturated carbocycles. The van der Waals surface area contributed by atoms with E-state index in [1.165, 1.54) is 25.3 Å². The van der Waals surface area contributed by atoms with Crippen LogP contribution in [0.15, 0.2) is 52.5 Å². The third-order valence-electron chi connectivity index (χ3n) is 4.04. The van der Waals surface area contributed by atoms with Crippen LogP contribution in [0, 0.1) is 11.3 Å². The summed E-state index contributed by atoms with van der Waals surface area (Å²) >= 11 is 0. The van der Waals surface area contributed by atoms with Gasteiger partial charge in [0.05, 0.1) is 6.61 Å². The fourth-order valence-corrected chi connectivity index (χ4v) is 2.59. The van der Waals surface area contributed by atoms with Crippen LogP contribution in [0.25, 0.3) is 17.4 Å². The number of nitrogens with zero attached hydrogens (tertiary/aromatic N) is 1. The van der Waals surface area contributed by atoms with Crippen molar-refractivity contribution in [2.24, 2.45) is 0 Å². The van der Waals surface area contributed by atoms with Crippen molar-refractivity contribution in [1.29, 1.82) is 5.26 Å². The molecule has 0 spiro atoms. The summed E-state index contributed by atoms with van der Waals surface area (Å²) in [6.07, 6.45) is 8.12. The van der Waals surface area contributed by atoms with Crippen molar-refractivity contribution in [1.82, 2.24) is 0 Å². The van der Waals surface area contributed by atoms with E-state index < -0.39 is 5.97 Å². The molecule has 4 nitrogen and oxygen atoms in total. The molecule has 0 N–H and O–H groups in total. The summed E-state index contributed by atoms with van der Waals surface area (Å²) in [6.45, 7) is 2.52. The monoisotopic (exact) mass is 351 g/mol. The van der Waals surface area contributed by atoms with Gasteiger partial charge >= 0.3 is 5.97 Å². The first-order valence-electron chi connectivity index (χ1n) is 9.18. The molecule has 0 fully saturated rings. The average Bonchev–Trinajstić information content (AvgIpc) is 3.14. The van der Waals surface area contributed by atoms with E-state index in [0.717, 1.165) is 24.8 Å². The van der Waals surface area contributed by atoms with Crippen molar-refractivity contribution >= 4 is 12.0 Å². The topological polar surface area (TPSA) is 63.2 Å². The highest BCUT2D eigenvalue weighted by atomic mass is 16.5. The summed E-state index contributed by atoms with van der Waals surface area (Å²) in [5.41, 5.74) is 0.890. The number of hydrogen-bond donors (Lipinski definition) is 0. The summed E-state index contributed by atoms with van der Waals surface area (Å²) in [5, 5.41) is 9.22. The number of rotatable bonds is 10. The van der Waals surface area contributed by atoms with Crippen molar-refractivity contribution in [3.05, 3.63) is 53.8 Å². The molecule has 2 rings (SSSR count). The third-order valence-corrected chi connectivity index (χ3v) is 4.04. The van der Waals surface area contributed by atoms with Gasteiger partial charge in [0.1, 0.15) is 23.2 Å². The molecule has 0 radical (unpaired) electrons. The van der Waals surface area contributed by atoms with Gasteiger partial charge in [-0.15, -0.1) is 0 Å². The molecule has 0 aliphatic rings. The Hall–Kier alpha value is -2.80. The predicted octanol–water partition coefficient (Wildman–Crippen LogP) is 5.76. The van der Waals surface area contributed by atoms with Crippen LogP contribution in [0.2, 0.25) is 0 Å². The Kier molecular flexibility index (Phi) is 8.21. The average molecular weight is 351 g/mol. The van der Waals surface area contributed by atoms with Crippen molar-refractivity contribution in [2.45, 2.75) is 45.4 Å². The SMILES string of the molecule is CCCCCCCCOC(=O)C(C#N)=Cc1ccc(-c2ccccc2)o1. The van der Waals surface area contributed by atoms with Crippen LogP contribution in [0.3, 0.4) is 0 Å². The number of unbranched alkanes of at least 4 members (excludes halogenated alkanes) is 5. The van der Waals surface area contributed by atoms with Gasteiger partial charge in [-0.2, -0.15) is 5.26 Å². The molecule has 0 aliphatic heterocycles. The van der Waals surface area contributed by atoms with Gasteiger partial charge in [0, 0.05) is 11.6 Å². The molecule has 1 aromatic heterocycles. The number of carbonyl (C=O) groups excluding carboxylic acids is 1. The molecule has 1 heterocycles. The molecule has 0 bridgehead atoms. The zero-order valence-electron chi connectivity index (χ0n) is 15.2. The minimum Gasteiger partial charge on any atom is -0.462 e. The summed E-state index contributed by atoms with van der Waals surface area (Å²) < 4.78 is 10.9. The number of hydrogen-bond acceptors (Lipinski definition) is 4. The number of nitriles is 1. The lowest BCUT2D eigenvalue weighted by Crippen LogP contribution is -2.07. The maximum absolute atomic E-state index is 12.0. The second-order valence-corrected chi connectivity index (χ2v) is 6.14. The van der Waals surface area contributed by atoms with E-state index in [1.807, 2.05) is 42.5 Å². The first kappa shape index (κ1) is 19.5. The molecular weight excluding hydrogens is 326 g/mol. The highest BCUT2D eigenvalue weighted by molar-refractivity contribution is 5.97. The highest BCUT2D eigenvalue weighted by Gasteiger charge is 2.12. The largest absolute Gasteiger partial charge is 0.462 e. The van der Waals surface area contributed by atoms with Crippen molar-refractivity contribution < 1.29 is 13.9 Å². The number of carbonyl (C=O) groups is 1. The van der Waals surface area contributed by atoms with E-state index in [-0.39, 0.29) is 5.57 Å². The third kappa shape index (κ3) is 6.25. The molecule has 1 aromatic carbocycles. The minimum absolute atomic E-state index is 0.0510. The van der Waals surface area contributed by atoms with Crippen LogP contribution in [-0.2, 0) is 9.53 Å². The minimum atomic E-state index is -0.598. The Labute approximate surface area is 155 Å². The first-order valence-corrected chi connectivity index (χ1v) is 9.18.